The van der Waals surface area contributed by atoms with Crippen LogP contribution in [-0.2, 0) is 10.0 Å². The lowest BCUT2D eigenvalue weighted by Crippen LogP contribution is -2.50. The minimum Gasteiger partial charge on any atom is -0.336 e. The van der Waals surface area contributed by atoms with Gasteiger partial charge in [-0.1, -0.05) is 29.3 Å². The van der Waals surface area contributed by atoms with Gasteiger partial charge in [0.05, 0.1) is 15.5 Å². The molecule has 0 N–H and O–H groups in total. The van der Waals surface area contributed by atoms with Crippen LogP contribution in [0.2, 0.25) is 5.02 Å². The molecule has 0 bridgehead atoms. The van der Waals surface area contributed by atoms with Crippen molar-refractivity contribution >= 4 is 27.5 Å². The molecule has 1 aliphatic heterocycles. The van der Waals surface area contributed by atoms with Crippen molar-refractivity contribution in [1.82, 2.24) is 9.21 Å². The third-order valence-corrected chi connectivity index (χ3v) is 6.57. The highest BCUT2D eigenvalue weighted by molar-refractivity contribution is 7.89. The molecule has 0 saturated carbocycles. The van der Waals surface area contributed by atoms with E-state index in [1.807, 2.05) is 6.92 Å². The Morgan fingerprint density at radius 3 is 2.23 bits per heavy atom. The maximum Gasteiger partial charge on any atom is 0.255 e. The van der Waals surface area contributed by atoms with Gasteiger partial charge in [0.15, 0.2) is 0 Å². The van der Waals surface area contributed by atoms with Gasteiger partial charge >= 0.3 is 0 Å². The zero-order valence-corrected chi connectivity index (χ0v) is 15.7. The van der Waals surface area contributed by atoms with E-state index in [0.29, 0.717) is 0 Å². The van der Waals surface area contributed by atoms with Gasteiger partial charge < -0.3 is 4.90 Å². The van der Waals surface area contributed by atoms with Crippen LogP contribution in [0.15, 0.2) is 47.4 Å². The Balaban J connectivity index is 1.70. The van der Waals surface area contributed by atoms with Crippen molar-refractivity contribution in [2.45, 2.75) is 11.8 Å². The first-order chi connectivity index (χ1) is 12.3. The number of rotatable bonds is 3. The largest absolute Gasteiger partial charge is 0.336 e. The maximum atomic E-state index is 13.1. The zero-order valence-electron chi connectivity index (χ0n) is 14.2. The Labute approximate surface area is 157 Å². The van der Waals surface area contributed by atoms with Gasteiger partial charge in [-0.3, -0.25) is 4.79 Å². The second kappa shape index (κ2) is 7.34. The lowest BCUT2D eigenvalue weighted by Gasteiger charge is -2.34. The predicted molar refractivity (Wildman–Crippen MR) is 97.3 cm³/mol. The van der Waals surface area contributed by atoms with Crippen LogP contribution in [0.1, 0.15) is 15.9 Å². The summed E-state index contributed by atoms with van der Waals surface area (Å²) in [6.07, 6.45) is 0. The summed E-state index contributed by atoms with van der Waals surface area (Å²) in [4.78, 5) is 14.3. The molecule has 0 spiro atoms. The Morgan fingerprint density at radius 2 is 1.65 bits per heavy atom. The average molecular weight is 397 g/mol. The monoisotopic (exact) mass is 396 g/mol. The van der Waals surface area contributed by atoms with Gasteiger partial charge in [0.1, 0.15) is 5.82 Å². The van der Waals surface area contributed by atoms with E-state index < -0.39 is 15.8 Å². The van der Waals surface area contributed by atoms with Crippen LogP contribution < -0.4 is 0 Å². The van der Waals surface area contributed by atoms with E-state index in [0.717, 1.165) is 11.6 Å². The summed E-state index contributed by atoms with van der Waals surface area (Å²) in [7, 11) is -3.59. The van der Waals surface area contributed by atoms with Crippen LogP contribution in [0.25, 0.3) is 0 Å². The topological polar surface area (TPSA) is 57.7 Å². The molecule has 2 aromatic rings. The average Bonchev–Trinajstić information content (AvgIpc) is 2.62. The molecule has 1 fully saturated rings. The van der Waals surface area contributed by atoms with Crippen LogP contribution in [0.3, 0.4) is 0 Å². The van der Waals surface area contributed by atoms with Crippen molar-refractivity contribution in [3.05, 3.63) is 64.4 Å². The second-order valence-corrected chi connectivity index (χ2v) is 8.48. The van der Waals surface area contributed by atoms with Gasteiger partial charge in [0.2, 0.25) is 10.0 Å². The van der Waals surface area contributed by atoms with Crippen LogP contribution in [0.4, 0.5) is 4.39 Å². The number of piperazine rings is 1. The second-order valence-electron chi connectivity index (χ2n) is 6.13. The standard InChI is InChI=1S/C18H18ClFN2O3S/c1-13-2-5-15(6-3-13)26(24,25)22-10-8-21(9-11-22)18(23)16-7-4-14(20)12-17(16)19/h2-7,12H,8-11H2,1H3. The normalized spacial score (nSPS) is 15.9. The first kappa shape index (κ1) is 18.8. The van der Waals surface area contributed by atoms with Crippen molar-refractivity contribution in [1.29, 1.82) is 0 Å². The molecule has 1 heterocycles. The van der Waals surface area contributed by atoms with Crippen molar-refractivity contribution in [3.63, 3.8) is 0 Å². The summed E-state index contributed by atoms with van der Waals surface area (Å²) < 4.78 is 39.9. The summed E-state index contributed by atoms with van der Waals surface area (Å²) in [5.41, 5.74) is 1.19. The smallest absolute Gasteiger partial charge is 0.255 e. The number of hydrogen-bond donors (Lipinski definition) is 0. The number of carbonyl (C=O) groups is 1. The number of halogens is 2. The summed E-state index contributed by atoms with van der Waals surface area (Å²) in [6.45, 7) is 2.78. The molecular formula is C18H18ClFN2O3S. The molecule has 8 heteroatoms. The summed E-state index contributed by atoms with van der Waals surface area (Å²) in [5, 5.41) is 0.0460. The predicted octanol–water partition coefficient (Wildman–Crippen LogP) is 2.93. The molecule has 0 aromatic heterocycles. The zero-order chi connectivity index (χ0) is 18.9. The summed E-state index contributed by atoms with van der Waals surface area (Å²) >= 11 is 5.94. The molecule has 1 aliphatic rings. The van der Waals surface area contributed by atoms with E-state index in [9.17, 15) is 17.6 Å². The molecule has 3 rings (SSSR count). The number of sulfonamides is 1. The molecule has 1 amide bonds. The lowest BCUT2D eigenvalue weighted by molar-refractivity contribution is 0.0698. The van der Waals surface area contributed by atoms with Gasteiger partial charge in [-0.2, -0.15) is 4.31 Å². The lowest BCUT2D eigenvalue weighted by atomic mass is 10.2. The van der Waals surface area contributed by atoms with Gasteiger partial charge in [-0.25, -0.2) is 12.8 Å². The van der Waals surface area contributed by atoms with E-state index >= 15 is 0 Å². The van der Waals surface area contributed by atoms with Crippen molar-refractivity contribution in [3.8, 4) is 0 Å². The summed E-state index contributed by atoms with van der Waals surface area (Å²) in [6, 6.07) is 10.3. The molecule has 0 atom stereocenters. The Hall–Kier alpha value is -1.96. The Morgan fingerprint density at radius 1 is 1.04 bits per heavy atom. The number of aryl methyl sites for hydroxylation is 1. The van der Waals surface area contributed by atoms with Crippen molar-refractivity contribution in [2.75, 3.05) is 26.2 Å². The number of carbonyl (C=O) groups excluding carboxylic acids is 1. The van der Waals surface area contributed by atoms with Crippen LogP contribution in [0, 0.1) is 12.7 Å². The fourth-order valence-corrected chi connectivity index (χ4v) is 4.49. The fourth-order valence-electron chi connectivity index (χ4n) is 2.82. The third-order valence-electron chi connectivity index (χ3n) is 4.35. The third kappa shape index (κ3) is 3.75. The number of nitrogens with zero attached hydrogens (tertiary/aromatic N) is 2. The van der Waals surface area contributed by atoms with E-state index in [1.54, 1.807) is 24.3 Å². The molecular weight excluding hydrogens is 379 g/mol. The first-order valence-corrected chi connectivity index (χ1v) is 9.92. The fraction of sp³-hybridized carbons (Fsp3) is 0.278. The van der Waals surface area contributed by atoms with Gasteiger partial charge in [-0.05, 0) is 37.3 Å². The van der Waals surface area contributed by atoms with Crippen LogP contribution in [0.5, 0.6) is 0 Å². The molecule has 0 unspecified atom stereocenters. The van der Waals surface area contributed by atoms with E-state index in [2.05, 4.69) is 0 Å². The number of benzene rings is 2. The number of amides is 1. The molecule has 138 valence electrons. The molecule has 0 radical (unpaired) electrons. The van der Waals surface area contributed by atoms with Crippen molar-refractivity contribution in [2.24, 2.45) is 0 Å². The highest BCUT2D eigenvalue weighted by Gasteiger charge is 2.30. The quantitative estimate of drug-likeness (QED) is 0.801. The van der Waals surface area contributed by atoms with Gasteiger partial charge in [0, 0.05) is 26.2 Å². The maximum absolute atomic E-state index is 13.1. The molecule has 0 aliphatic carbocycles. The molecule has 2 aromatic carbocycles. The molecule has 5 nitrogen and oxygen atoms in total. The van der Waals surface area contributed by atoms with Gasteiger partial charge in [-0.15, -0.1) is 0 Å². The van der Waals surface area contributed by atoms with Crippen LogP contribution >= 0.6 is 11.6 Å². The Kier molecular flexibility index (Phi) is 5.32. The van der Waals surface area contributed by atoms with E-state index in [-0.39, 0.29) is 47.6 Å². The highest BCUT2D eigenvalue weighted by Crippen LogP contribution is 2.22. The molecule has 1 saturated heterocycles. The molecule has 26 heavy (non-hydrogen) atoms. The van der Waals surface area contributed by atoms with E-state index in [4.69, 9.17) is 11.6 Å². The minimum atomic E-state index is -3.59. The highest BCUT2D eigenvalue weighted by atomic mass is 35.5. The number of hydrogen-bond acceptors (Lipinski definition) is 3. The van der Waals surface area contributed by atoms with Crippen molar-refractivity contribution < 1.29 is 17.6 Å². The Bertz CT molecular complexity index is 924. The van der Waals surface area contributed by atoms with Crippen LogP contribution in [-0.4, -0.2) is 49.7 Å². The summed E-state index contributed by atoms with van der Waals surface area (Å²) in [5.74, 6) is -0.844. The van der Waals surface area contributed by atoms with Gasteiger partial charge in [0.25, 0.3) is 5.91 Å². The first-order valence-electron chi connectivity index (χ1n) is 8.10. The SMILES string of the molecule is Cc1ccc(S(=O)(=O)N2CCN(C(=O)c3ccc(F)cc3Cl)CC2)cc1. The minimum absolute atomic E-state index is 0.0460. The van der Waals surface area contributed by atoms with E-state index in [1.165, 1.54) is 21.3 Å².